The smallest absolute Gasteiger partial charge is 0.243 e. The summed E-state index contributed by atoms with van der Waals surface area (Å²) in [6.07, 6.45) is 0.746. The van der Waals surface area contributed by atoms with Crippen LogP contribution in [0, 0.1) is 5.82 Å². The van der Waals surface area contributed by atoms with Crippen molar-refractivity contribution in [2.45, 2.75) is 12.8 Å². The zero-order chi connectivity index (χ0) is 18.2. The van der Waals surface area contributed by atoms with Crippen molar-refractivity contribution in [2.24, 2.45) is 0 Å². The Bertz CT molecular complexity index is 712. The minimum absolute atomic E-state index is 0.0856. The Kier molecular flexibility index (Phi) is 6.51. The molecular formula is C19H22FN3O2. The minimum Gasteiger partial charge on any atom is -0.378 e. The van der Waals surface area contributed by atoms with Crippen LogP contribution >= 0.6 is 0 Å². The quantitative estimate of drug-likeness (QED) is 0.812. The number of nitrogens with zero attached hydrogens (tertiary/aromatic N) is 1. The summed E-state index contributed by atoms with van der Waals surface area (Å²) in [5, 5.41) is 5.31. The molecule has 0 aliphatic carbocycles. The van der Waals surface area contributed by atoms with Crippen LogP contribution in [0.25, 0.3) is 0 Å². The van der Waals surface area contributed by atoms with Gasteiger partial charge in [0.1, 0.15) is 5.82 Å². The lowest BCUT2D eigenvalue weighted by Crippen LogP contribution is -2.32. The number of rotatable bonds is 7. The molecule has 2 aromatic rings. The van der Waals surface area contributed by atoms with Gasteiger partial charge in [0.2, 0.25) is 11.8 Å². The van der Waals surface area contributed by atoms with Gasteiger partial charge in [0.05, 0.1) is 6.54 Å². The molecule has 0 fully saturated rings. The van der Waals surface area contributed by atoms with Gasteiger partial charge in [-0.3, -0.25) is 9.59 Å². The van der Waals surface area contributed by atoms with E-state index >= 15 is 0 Å². The van der Waals surface area contributed by atoms with E-state index in [0.29, 0.717) is 12.1 Å². The van der Waals surface area contributed by atoms with Crippen LogP contribution in [-0.4, -0.2) is 32.5 Å². The van der Waals surface area contributed by atoms with E-state index in [0.717, 1.165) is 11.3 Å². The van der Waals surface area contributed by atoms with Crippen molar-refractivity contribution in [2.75, 3.05) is 30.9 Å². The summed E-state index contributed by atoms with van der Waals surface area (Å²) in [6.45, 7) is -0.0856. The molecule has 25 heavy (non-hydrogen) atoms. The minimum atomic E-state index is -0.302. The number of carbonyl (C=O) groups is 2. The van der Waals surface area contributed by atoms with E-state index < -0.39 is 0 Å². The van der Waals surface area contributed by atoms with Crippen molar-refractivity contribution in [3.8, 4) is 0 Å². The van der Waals surface area contributed by atoms with Crippen molar-refractivity contribution in [3.63, 3.8) is 0 Å². The molecule has 0 unspecified atom stereocenters. The Balaban J connectivity index is 1.71. The molecule has 2 aromatic carbocycles. The van der Waals surface area contributed by atoms with Crippen LogP contribution in [0.4, 0.5) is 15.8 Å². The van der Waals surface area contributed by atoms with Crippen molar-refractivity contribution >= 4 is 23.2 Å². The average molecular weight is 343 g/mol. The number of anilines is 2. The molecule has 2 amide bonds. The maximum Gasteiger partial charge on any atom is 0.243 e. The van der Waals surface area contributed by atoms with Crippen LogP contribution in [-0.2, 0) is 16.0 Å². The average Bonchev–Trinajstić information content (AvgIpc) is 2.60. The standard InChI is InChI=1S/C19H22FN3O2/c1-23(2)17-10-8-16(9-11-17)22-19(25)13-21-18(24)12-5-14-3-6-15(20)7-4-14/h3-4,6-11H,5,12-13H2,1-2H3,(H,21,24)(H,22,25). The fraction of sp³-hybridized carbons (Fsp3) is 0.263. The maximum absolute atomic E-state index is 12.8. The number of hydrogen-bond acceptors (Lipinski definition) is 3. The first kappa shape index (κ1) is 18.4. The largest absolute Gasteiger partial charge is 0.378 e. The topological polar surface area (TPSA) is 61.4 Å². The number of benzene rings is 2. The highest BCUT2D eigenvalue weighted by Gasteiger charge is 2.07. The Morgan fingerprint density at radius 2 is 1.60 bits per heavy atom. The van der Waals surface area contributed by atoms with E-state index in [4.69, 9.17) is 0 Å². The number of amides is 2. The second-order valence-electron chi connectivity index (χ2n) is 5.89. The molecule has 0 saturated carbocycles. The zero-order valence-corrected chi connectivity index (χ0v) is 14.4. The highest BCUT2D eigenvalue weighted by Crippen LogP contribution is 2.15. The van der Waals surface area contributed by atoms with E-state index in [1.807, 2.05) is 43.3 Å². The maximum atomic E-state index is 12.8. The van der Waals surface area contributed by atoms with Crippen molar-refractivity contribution in [1.29, 1.82) is 0 Å². The summed E-state index contributed by atoms with van der Waals surface area (Å²) in [5.41, 5.74) is 2.59. The summed E-state index contributed by atoms with van der Waals surface area (Å²) >= 11 is 0. The first-order valence-corrected chi connectivity index (χ1v) is 8.02. The molecule has 0 spiro atoms. The molecule has 132 valence electrons. The van der Waals surface area contributed by atoms with Crippen LogP contribution < -0.4 is 15.5 Å². The lowest BCUT2D eigenvalue weighted by atomic mass is 10.1. The summed E-state index contributed by atoms with van der Waals surface area (Å²) in [7, 11) is 3.88. The SMILES string of the molecule is CN(C)c1ccc(NC(=O)CNC(=O)CCc2ccc(F)cc2)cc1. The lowest BCUT2D eigenvalue weighted by Gasteiger charge is -2.13. The third kappa shape index (κ3) is 6.25. The Morgan fingerprint density at radius 3 is 2.20 bits per heavy atom. The normalized spacial score (nSPS) is 10.2. The van der Waals surface area contributed by atoms with Gasteiger partial charge in [-0.25, -0.2) is 4.39 Å². The van der Waals surface area contributed by atoms with Crippen LogP contribution in [0.3, 0.4) is 0 Å². The first-order chi connectivity index (χ1) is 11.9. The zero-order valence-electron chi connectivity index (χ0n) is 14.4. The molecule has 0 radical (unpaired) electrons. The molecule has 5 nitrogen and oxygen atoms in total. The number of carbonyl (C=O) groups excluding carboxylic acids is 2. The van der Waals surface area contributed by atoms with Crippen LogP contribution in [0.5, 0.6) is 0 Å². The molecule has 2 rings (SSSR count). The first-order valence-electron chi connectivity index (χ1n) is 8.02. The van der Waals surface area contributed by atoms with E-state index in [9.17, 15) is 14.0 Å². The predicted octanol–water partition coefficient (Wildman–Crippen LogP) is 2.58. The van der Waals surface area contributed by atoms with Gasteiger partial charge < -0.3 is 15.5 Å². The number of hydrogen-bond donors (Lipinski definition) is 2. The monoisotopic (exact) mass is 343 g/mol. The molecule has 0 heterocycles. The Morgan fingerprint density at radius 1 is 0.960 bits per heavy atom. The number of halogens is 1. The molecule has 0 aliphatic heterocycles. The molecule has 0 atom stereocenters. The Hall–Kier alpha value is -2.89. The van der Waals surface area contributed by atoms with E-state index in [2.05, 4.69) is 10.6 Å². The third-order valence-electron chi connectivity index (χ3n) is 3.67. The molecule has 2 N–H and O–H groups in total. The second kappa shape index (κ2) is 8.82. The molecular weight excluding hydrogens is 321 g/mol. The van der Waals surface area contributed by atoms with Crippen molar-refractivity contribution < 1.29 is 14.0 Å². The van der Waals surface area contributed by atoms with Gasteiger partial charge in [0.25, 0.3) is 0 Å². The Labute approximate surface area is 146 Å². The highest BCUT2D eigenvalue weighted by molar-refractivity contribution is 5.94. The summed E-state index contributed by atoms with van der Waals surface area (Å²) in [6, 6.07) is 13.4. The highest BCUT2D eigenvalue weighted by atomic mass is 19.1. The molecule has 6 heteroatoms. The summed E-state index contributed by atoms with van der Waals surface area (Å²) in [4.78, 5) is 25.6. The van der Waals surface area contributed by atoms with Crippen LogP contribution in [0.1, 0.15) is 12.0 Å². The number of aryl methyl sites for hydroxylation is 1. The number of nitrogens with one attached hydrogen (secondary N) is 2. The van der Waals surface area contributed by atoms with Crippen LogP contribution in [0.2, 0.25) is 0 Å². The van der Waals surface area contributed by atoms with Gasteiger partial charge in [-0.2, -0.15) is 0 Å². The predicted molar refractivity (Wildman–Crippen MR) is 97.1 cm³/mol. The van der Waals surface area contributed by atoms with Gasteiger partial charge in [-0.1, -0.05) is 12.1 Å². The summed E-state index contributed by atoms with van der Waals surface area (Å²) < 4.78 is 12.8. The van der Waals surface area contributed by atoms with Gasteiger partial charge >= 0.3 is 0 Å². The van der Waals surface area contributed by atoms with Gasteiger partial charge in [-0.05, 0) is 48.4 Å². The van der Waals surface area contributed by atoms with Gasteiger partial charge in [-0.15, -0.1) is 0 Å². The second-order valence-corrected chi connectivity index (χ2v) is 5.89. The van der Waals surface area contributed by atoms with E-state index in [1.54, 1.807) is 12.1 Å². The molecule has 0 aliphatic rings. The van der Waals surface area contributed by atoms with Gasteiger partial charge in [0, 0.05) is 31.9 Å². The van der Waals surface area contributed by atoms with Gasteiger partial charge in [0.15, 0.2) is 0 Å². The fourth-order valence-electron chi connectivity index (χ4n) is 2.22. The molecule has 0 saturated heterocycles. The molecule has 0 bridgehead atoms. The van der Waals surface area contributed by atoms with E-state index in [-0.39, 0.29) is 30.6 Å². The van der Waals surface area contributed by atoms with Crippen LogP contribution in [0.15, 0.2) is 48.5 Å². The summed E-state index contributed by atoms with van der Waals surface area (Å²) in [5.74, 6) is -0.807. The molecule has 0 aromatic heterocycles. The third-order valence-corrected chi connectivity index (χ3v) is 3.67. The van der Waals surface area contributed by atoms with Crippen molar-refractivity contribution in [1.82, 2.24) is 5.32 Å². The lowest BCUT2D eigenvalue weighted by molar-refractivity contribution is -0.124. The van der Waals surface area contributed by atoms with Crippen molar-refractivity contribution in [3.05, 3.63) is 59.9 Å². The fourth-order valence-corrected chi connectivity index (χ4v) is 2.22. The van der Waals surface area contributed by atoms with E-state index in [1.165, 1.54) is 12.1 Å².